The Morgan fingerprint density at radius 1 is 1.14 bits per heavy atom. The van der Waals surface area contributed by atoms with Gasteiger partial charge < -0.3 is 15.5 Å². The summed E-state index contributed by atoms with van der Waals surface area (Å²) in [7, 11) is 1.69. The van der Waals surface area contributed by atoms with Crippen molar-refractivity contribution < 1.29 is 9.18 Å². The molecule has 0 radical (unpaired) electrons. The maximum Gasteiger partial charge on any atom is 0.227 e. The summed E-state index contributed by atoms with van der Waals surface area (Å²) in [4.78, 5) is 17.8. The van der Waals surface area contributed by atoms with Crippen LogP contribution in [0.5, 0.6) is 0 Å². The van der Waals surface area contributed by atoms with Gasteiger partial charge in [0.25, 0.3) is 0 Å². The lowest BCUT2D eigenvalue weighted by atomic mass is 10.2. The number of nitrogens with zero attached hydrogens (tertiary/aromatic N) is 2. The number of carbonyl (C=O) groups excluding carboxylic acids is 1. The molecule has 1 aliphatic heterocycles. The molecule has 2 aromatic carbocycles. The minimum atomic E-state index is -0.429. The molecule has 0 unspecified atom stereocenters. The van der Waals surface area contributed by atoms with Gasteiger partial charge >= 0.3 is 0 Å². The van der Waals surface area contributed by atoms with Crippen molar-refractivity contribution in [2.45, 2.75) is 25.9 Å². The summed E-state index contributed by atoms with van der Waals surface area (Å²) in [6, 6.07) is 12.6. The fourth-order valence-electron chi connectivity index (χ4n) is 2.96. The highest BCUT2D eigenvalue weighted by Gasteiger charge is 2.21. The first kappa shape index (κ1) is 22.4. The number of aliphatic imine (C=N–C) groups is 1. The molecule has 1 amide bonds. The van der Waals surface area contributed by atoms with Crippen LogP contribution in [0.4, 0.5) is 10.1 Å². The predicted octanol–water partition coefficient (Wildman–Crippen LogP) is 4.09. The van der Waals surface area contributed by atoms with Gasteiger partial charge in [-0.2, -0.15) is 0 Å². The first-order valence-electron chi connectivity index (χ1n) is 8.84. The van der Waals surface area contributed by atoms with E-state index in [1.54, 1.807) is 19.2 Å². The van der Waals surface area contributed by atoms with Crippen molar-refractivity contribution in [1.29, 1.82) is 0 Å². The van der Waals surface area contributed by atoms with E-state index < -0.39 is 5.82 Å². The maximum atomic E-state index is 13.2. The second kappa shape index (κ2) is 10.6. The molecule has 2 N–H and O–H groups in total. The van der Waals surface area contributed by atoms with Crippen LogP contribution in [0, 0.1) is 5.82 Å². The molecular weight excluding hydrogens is 494 g/mol. The Morgan fingerprint density at radius 2 is 1.79 bits per heavy atom. The molecule has 0 atom stereocenters. The summed E-state index contributed by atoms with van der Waals surface area (Å²) in [5.41, 5.74) is 2.89. The van der Waals surface area contributed by atoms with Crippen LogP contribution in [-0.4, -0.2) is 25.5 Å². The van der Waals surface area contributed by atoms with Crippen molar-refractivity contribution in [2.75, 3.05) is 18.5 Å². The SMILES string of the molecule is CN=C(NCc1ccc(N2CCCC2=O)cc1)NCc1ccc(F)c(Cl)c1.I. The second-order valence-electron chi connectivity index (χ2n) is 6.34. The zero-order valence-corrected chi connectivity index (χ0v) is 18.6. The standard InChI is InChI=1S/C20H22ClFN4O.HI/c1-23-20(25-13-15-6-9-18(22)17(21)11-15)24-12-14-4-7-16(8-5-14)26-10-2-3-19(26)27;/h4-9,11H,2-3,10,12-13H2,1H3,(H2,23,24,25);1H. The molecule has 0 aliphatic carbocycles. The second-order valence-corrected chi connectivity index (χ2v) is 6.75. The maximum absolute atomic E-state index is 13.2. The molecule has 1 saturated heterocycles. The number of anilines is 1. The average molecular weight is 517 g/mol. The van der Waals surface area contributed by atoms with Crippen LogP contribution in [0.25, 0.3) is 0 Å². The number of nitrogens with one attached hydrogen (secondary N) is 2. The Morgan fingerprint density at radius 3 is 2.36 bits per heavy atom. The molecule has 1 aliphatic rings. The van der Waals surface area contributed by atoms with E-state index in [4.69, 9.17) is 11.6 Å². The van der Waals surface area contributed by atoms with Crippen molar-refractivity contribution in [2.24, 2.45) is 4.99 Å². The van der Waals surface area contributed by atoms with Crippen LogP contribution in [-0.2, 0) is 17.9 Å². The van der Waals surface area contributed by atoms with Gasteiger partial charge in [-0.05, 0) is 41.8 Å². The van der Waals surface area contributed by atoms with E-state index in [1.165, 1.54) is 6.07 Å². The highest BCUT2D eigenvalue weighted by molar-refractivity contribution is 14.0. The van der Waals surface area contributed by atoms with Crippen LogP contribution in [0.3, 0.4) is 0 Å². The van der Waals surface area contributed by atoms with Crippen molar-refractivity contribution in [3.8, 4) is 0 Å². The number of amides is 1. The molecule has 5 nitrogen and oxygen atoms in total. The molecule has 28 heavy (non-hydrogen) atoms. The highest BCUT2D eigenvalue weighted by atomic mass is 127. The molecule has 1 fully saturated rings. The van der Waals surface area contributed by atoms with Crippen LogP contribution in [0.1, 0.15) is 24.0 Å². The third kappa shape index (κ3) is 5.81. The zero-order chi connectivity index (χ0) is 19.2. The van der Waals surface area contributed by atoms with Crippen molar-refractivity contribution in [1.82, 2.24) is 10.6 Å². The van der Waals surface area contributed by atoms with Gasteiger partial charge in [-0.3, -0.25) is 9.79 Å². The first-order valence-corrected chi connectivity index (χ1v) is 9.22. The lowest BCUT2D eigenvalue weighted by Crippen LogP contribution is -2.36. The topological polar surface area (TPSA) is 56.7 Å². The third-order valence-corrected chi connectivity index (χ3v) is 4.74. The predicted molar refractivity (Wildman–Crippen MR) is 122 cm³/mol. The number of guanidine groups is 1. The monoisotopic (exact) mass is 516 g/mol. The lowest BCUT2D eigenvalue weighted by Gasteiger charge is -2.16. The average Bonchev–Trinajstić information content (AvgIpc) is 3.11. The largest absolute Gasteiger partial charge is 0.352 e. The Labute approximate surface area is 186 Å². The van der Waals surface area contributed by atoms with Crippen molar-refractivity contribution >= 4 is 53.1 Å². The molecule has 2 aromatic rings. The van der Waals surface area contributed by atoms with Gasteiger partial charge in [0.05, 0.1) is 5.02 Å². The van der Waals surface area contributed by atoms with E-state index in [9.17, 15) is 9.18 Å². The number of carbonyl (C=O) groups is 1. The molecule has 150 valence electrons. The number of benzene rings is 2. The van der Waals surface area contributed by atoms with Crippen LogP contribution < -0.4 is 15.5 Å². The Bertz CT molecular complexity index is 845. The summed E-state index contributed by atoms with van der Waals surface area (Å²) < 4.78 is 13.2. The number of hydrogen-bond donors (Lipinski definition) is 2. The van der Waals surface area contributed by atoms with E-state index in [1.807, 2.05) is 29.2 Å². The van der Waals surface area contributed by atoms with Crippen LogP contribution in [0.15, 0.2) is 47.5 Å². The van der Waals surface area contributed by atoms with Gasteiger partial charge in [0.2, 0.25) is 5.91 Å². The molecule has 0 saturated carbocycles. The summed E-state index contributed by atoms with van der Waals surface area (Å²) in [5.74, 6) is 0.391. The summed E-state index contributed by atoms with van der Waals surface area (Å²) in [6.07, 6.45) is 1.55. The smallest absolute Gasteiger partial charge is 0.227 e. The van der Waals surface area contributed by atoms with E-state index in [2.05, 4.69) is 15.6 Å². The molecule has 1 heterocycles. The minimum absolute atomic E-state index is 0. The van der Waals surface area contributed by atoms with Gasteiger partial charge in [-0.15, -0.1) is 24.0 Å². The lowest BCUT2D eigenvalue weighted by molar-refractivity contribution is -0.117. The highest BCUT2D eigenvalue weighted by Crippen LogP contribution is 2.21. The minimum Gasteiger partial charge on any atom is -0.352 e. The van der Waals surface area contributed by atoms with Crippen molar-refractivity contribution in [3.63, 3.8) is 0 Å². The summed E-state index contributed by atoms with van der Waals surface area (Å²) >= 11 is 5.80. The van der Waals surface area contributed by atoms with E-state index >= 15 is 0 Å². The van der Waals surface area contributed by atoms with Gasteiger partial charge in [-0.1, -0.05) is 29.8 Å². The molecule has 0 aromatic heterocycles. The van der Waals surface area contributed by atoms with Gasteiger partial charge in [0.15, 0.2) is 5.96 Å². The van der Waals surface area contributed by atoms with Gasteiger partial charge in [0, 0.05) is 38.8 Å². The Kier molecular flexibility index (Phi) is 8.50. The molecule has 0 spiro atoms. The molecule has 0 bridgehead atoms. The normalized spacial score (nSPS) is 14.0. The zero-order valence-electron chi connectivity index (χ0n) is 15.5. The number of rotatable bonds is 5. The van der Waals surface area contributed by atoms with Crippen LogP contribution in [0.2, 0.25) is 5.02 Å². The number of halogens is 3. The van der Waals surface area contributed by atoms with E-state index in [0.29, 0.717) is 25.5 Å². The Balaban J connectivity index is 0.00000280. The first-order chi connectivity index (χ1) is 13.1. The van der Waals surface area contributed by atoms with Crippen molar-refractivity contribution in [3.05, 3.63) is 64.4 Å². The summed E-state index contributed by atoms with van der Waals surface area (Å²) in [6.45, 7) is 1.87. The molecule has 3 rings (SSSR count). The molecular formula is C20H23ClFIN4O. The van der Waals surface area contributed by atoms with Gasteiger partial charge in [0.1, 0.15) is 5.82 Å². The Hall–Kier alpha value is -1.87. The van der Waals surface area contributed by atoms with E-state index in [0.717, 1.165) is 29.8 Å². The van der Waals surface area contributed by atoms with Gasteiger partial charge in [-0.25, -0.2) is 4.39 Å². The number of hydrogen-bond acceptors (Lipinski definition) is 2. The fraction of sp³-hybridized carbons (Fsp3) is 0.300. The fourth-order valence-corrected chi connectivity index (χ4v) is 3.16. The summed E-state index contributed by atoms with van der Waals surface area (Å²) in [5, 5.41) is 6.51. The van der Waals surface area contributed by atoms with Crippen LogP contribution >= 0.6 is 35.6 Å². The molecule has 8 heteroatoms. The van der Waals surface area contributed by atoms with E-state index in [-0.39, 0.29) is 34.9 Å². The third-order valence-electron chi connectivity index (χ3n) is 4.45. The quantitative estimate of drug-likeness (QED) is 0.358.